The summed E-state index contributed by atoms with van der Waals surface area (Å²) in [5, 5.41) is 2.34. The second kappa shape index (κ2) is 11.3. The third-order valence-electron chi connectivity index (χ3n) is 4.84. The molecule has 2 aromatic rings. The van der Waals surface area contributed by atoms with E-state index in [1.165, 1.54) is 11.8 Å². The van der Waals surface area contributed by atoms with Gasteiger partial charge in [0.25, 0.3) is 11.8 Å². The summed E-state index contributed by atoms with van der Waals surface area (Å²) < 4.78 is 64.5. The van der Waals surface area contributed by atoms with Gasteiger partial charge in [-0.3, -0.25) is 9.59 Å². The topological polar surface area (TPSA) is 84.9 Å². The zero-order valence-electron chi connectivity index (χ0n) is 19.2. The highest BCUT2D eigenvalue weighted by molar-refractivity contribution is 7.18. The number of anilines is 1. The van der Waals surface area contributed by atoms with Gasteiger partial charge in [-0.25, -0.2) is 13.6 Å². The van der Waals surface area contributed by atoms with Gasteiger partial charge in [0.05, 0.1) is 17.0 Å². The molecule has 0 bridgehead atoms. The minimum atomic E-state index is -1.80. The largest absolute Gasteiger partial charge is 0.475 e. The summed E-state index contributed by atoms with van der Waals surface area (Å²) in [6.45, 7) is 8.61. The van der Waals surface area contributed by atoms with E-state index in [0.29, 0.717) is 13.1 Å². The van der Waals surface area contributed by atoms with E-state index in [1.54, 1.807) is 20.8 Å². The van der Waals surface area contributed by atoms with E-state index in [1.807, 2.05) is 0 Å². The number of benzene rings is 1. The summed E-state index contributed by atoms with van der Waals surface area (Å²) in [5.74, 6) is -10.5. The fraction of sp³-hybridized carbons (Fsp3) is 0.409. The van der Waals surface area contributed by atoms with Gasteiger partial charge >= 0.3 is 5.97 Å². The Labute approximate surface area is 197 Å². The van der Waals surface area contributed by atoms with E-state index in [4.69, 9.17) is 9.47 Å². The van der Waals surface area contributed by atoms with Crippen LogP contribution in [0.25, 0.3) is 0 Å². The lowest BCUT2D eigenvalue weighted by atomic mass is 10.1. The minimum absolute atomic E-state index is 0.0107. The molecule has 0 radical (unpaired) electrons. The van der Waals surface area contributed by atoms with Crippen LogP contribution in [0, 0.1) is 30.2 Å². The molecule has 0 fully saturated rings. The average molecular weight is 505 g/mol. The standard InChI is InChI=1S/C22H24F4N2O5S/c1-6-28(7-2)21(30)18-10(4)14(22(31)32-8-3)20(34-18)27-19(29)11(5)33-17-15(25)12(23)9-13(24)16(17)26/h9,11H,6-8H2,1-5H3,(H,27,29)/t11-/m0/s1. The number of carbonyl (C=O) groups excluding carboxylic acids is 3. The minimum Gasteiger partial charge on any atom is -0.475 e. The van der Waals surface area contributed by atoms with E-state index in [9.17, 15) is 31.9 Å². The van der Waals surface area contributed by atoms with Gasteiger partial charge in [-0.1, -0.05) is 0 Å². The van der Waals surface area contributed by atoms with Crippen LogP contribution in [0.3, 0.4) is 0 Å². The van der Waals surface area contributed by atoms with Crippen molar-refractivity contribution in [3.63, 3.8) is 0 Å². The number of ether oxygens (including phenoxy) is 2. The predicted octanol–water partition coefficient (Wildman–Crippen LogP) is 4.68. The van der Waals surface area contributed by atoms with Crippen LogP contribution < -0.4 is 10.1 Å². The normalized spacial score (nSPS) is 11.7. The third kappa shape index (κ3) is 5.49. The number of hydrogen-bond donors (Lipinski definition) is 1. The zero-order valence-corrected chi connectivity index (χ0v) is 20.0. The van der Waals surface area contributed by atoms with Crippen molar-refractivity contribution in [3.8, 4) is 5.75 Å². The molecule has 0 saturated carbocycles. The molecule has 0 spiro atoms. The maximum absolute atomic E-state index is 13.9. The van der Waals surface area contributed by atoms with Crippen LogP contribution in [0.5, 0.6) is 5.75 Å². The van der Waals surface area contributed by atoms with Gasteiger partial charge in [0, 0.05) is 19.2 Å². The quantitative estimate of drug-likeness (QED) is 0.305. The predicted molar refractivity (Wildman–Crippen MR) is 117 cm³/mol. The van der Waals surface area contributed by atoms with Gasteiger partial charge in [-0.05, 0) is 40.2 Å². The van der Waals surface area contributed by atoms with Crippen molar-refractivity contribution in [2.75, 3.05) is 25.0 Å². The van der Waals surface area contributed by atoms with E-state index in [2.05, 4.69) is 5.32 Å². The van der Waals surface area contributed by atoms with Crippen LogP contribution in [0.1, 0.15) is 53.3 Å². The number of carbonyl (C=O) groups is 3. The Morgan fingerprint density at radius 1 is 1.06 bits per heavy atom. The van der Waals surface area contributed by atoms with E-state index >= 15 is 0 Å². The fourth-order valence-electron chi connectivity index (χ4n) is 3.01. The molecular weight excluding hydrogens is 480 g/mol. The second-order valence-electron chi connectivity index (χ2n) is 7.00. The molecule has 34 heavy (non-hydrogen) atoms. The summed E-state index contributed by atoms with van der Waals surface area (Å²) in [5.41, 5.74) is 0.227. The molecule has 1 heterocycles. The van der Waals surface area contributed by atoms with Gasteiger partial charge in [-0.15, -0.1) is 11.3 Å². The second-order valence-corrected chi connectivity index (χ2v) is 8.03. The molecular formula is C22H24F4N2O5S. The molecule has 12 heteroatoms. The van der Waals surface area contributed by atoms with Crippen molar-refractivity contribution in [2.45, 2.75) is 40.7 Å². The first-order valence-electron chi connectivity index (χ1n) is 10.4. The average Bonchev–Trinajstić information content (AvgIpc) is 3.11. The molecule has 1 atom stereocenters. The van der Waals surface area contributed by atoms with Crippen molar-refractivity contribution in [1.29, 1.82) is 0 Å². The number of thiophene rings is 1. The van der Waals surface area contributed by atoms with Crippen molar-refractivity contribution >= 4 is 34.1 Å². The summed E-state index contributed by atoms with van der Waals surface area (Å²) in [6, 6.07) is 0.0107. The lowest BCUT2D eigenvalue weighted by molar-refractivity contribution is -0.122. The number of rotatable bonds is 9. The molecule has 2 rings (SSSR count). The van der Waals surface area contributed by atoms with Crippen LogP contribution in [0.4, 0.5) is 22.6 Å². The van der Waals surface area contributed by atoms with Gasteiger partial charge in [0.2, 0.25) is 11.6 Å². The van der Waals surface area contributed by atoms with Crippen molar-refractivity contribution in [1.82, 2.24) is 4.90 Å². The summed E-state index contributed by atoms with van der Waals surface area (Å²) in [7, 11) is 0. The van der Waals surface area contributed by atoms with Crippen LogP contribution in [-0.4, -0.2) is 48.5 Å². The van der Waals surface area contributed by atoms with Gasteiger partial charge in [-0.2, -0.15) is 8.78 Å². The number of nitrogens with zero attached hydrogens (tertiary/aromatic N) is 1. The van der Waals surface area contributed by atoms with E-state index < -0.39 is 47.0 Å². The SMILES string of the molecule is CCOC(=O)c1c(NC(=O)[C@H](C)Oc2c(F)c(F)cc(F)c2F)sc(C(=O)N(CC)CC)c1C. The highest BCUT2D eigenvalue weighted by Crippen LogP contribution is 2.35. The summed E-state index contributed by atoms with van der Waals surface area (Å²) in [4.78, 5) is 39.8. The van der Waals surface area contributed by atoms with E-state index in [-0.39, 0.29) is 39.6 Å². The van der Waals surface area contributed by atoms with Gasteiger partial charge < -0.3 is 19.7 Å². The van der Waals surface area contributed by atoms with E-state index in [0.717, 1.165) is 18.3 Å². The van der Waals surface area contributed by atoms with Crippen molar-refractivity contribution < 1.29 is 41.4 Å². The Balaban J connectivity index is 2.40. The first kappa shape index (κ1) is 27.1. The van der Waals surface area contributed by atoms with Crippen LogP contribution in [0.2, 0.25) is 0 Å². The number of esters is 1. The molecule has 0 aliphatic rings. The Morgan fingerprint density at radius 2 is 1.62 bits per heavy atom. The number of nitrogens with one attached hydrogen (secondary N) is 1. The molecule has 2 amide bonds. The lowest BCUT2D eigenvalue weighted by Gasteiger charge is -2.18. The Bertz CT molecular complexity index is 1080. The van der Waals surface area contributed by atoms with Gasteiger partial charge in [0.1, 0.15) is 5.00 Å². The van der Waals surface area contributed by atoms with Crippen LogP contribution >= 0.6 is 11.3 Å². The molecule has 1 aromatic heterocycles. The molecule has 0 aliphatic carbocycles. The molecule has 7 nitrogen and oxygen atoms in total. The maximum atomic E-state index is 13.9. The monoisotopic (exact) mass is 504 g/mol. The zero-order chi connectivity index (χ0) is 25.7. The smallest absolute Gasteiger partial charge is 0.341 e. The molecule has 0 saturated heterocycles. The summed E-state index contributed by atoms with van der Waals surface area (Å²) >= 11 is 0.823. The Morgan fingerprint density at radius 3 is 2.12 bits per heavy atom. The fourth-order valence-corrected chi connectivity index (χ4v) is 4.17. The molecule has 1 N–H and O–H groups in total. The van der Waals surface area contributed by atoms with Crippen molar-refractivity contribution in [2.24, 2.45) is 0 Å². The first-order valence-corrected chi connectivity index (χ1v) is 11.2. The highest BCUT2D eigenvalue weighted by atomic mass is 32.1. The summed E-state index contributed by atoms with van der Waals surface area (Å²) in [6.07, 6.45) is -1.63. The number of halogens is 4. The lowest BCUT2D eigenvalue weighted by Crippen LogP contribution is -2.31. The first-order chi connectivity index (χ1) is 16.0. The molecule has 0 unspecified atom stereocenters. The molecule has 1 aromatic carbocycles. The maximum Gasteiger partial charge on any atom is 0.341 e. The third-order valence-corrected chi connectivity index (χ3v) is 6.04. The van der Waals surface area contributed by atoms with Crippen LogP contribution in [0.15, 0.2) is 6.07 Å². The Hall–Kier alpha value is -3.15. The van der Waals surface area contributed by atoms with Crippen LogP contribution in [-0.2, 0) is 9.53 Å². The highest BCUT2D eigenvalue weighted by Gasteiger charge is 2.30. The molecule has 186 valence electrons. The molecule has 0 aliphatic heterocycles. The number of amides is 2. The van der Waals surface area contributed by atoms with Gasteiger partial charge in [0.15, 0.2) is 23.5 Å². The number of hydrogen-bond acceptors (Lipinski definition) is 6. The Kier molecular flexibility index (Phi) is 9.02. The van der Waals surface area contributed by atoms with Crippen molar-refractivity contribution in [3.05, 3.63) is 45.3 Å².